The SMILES string of the molecule is N#Cc1ccccc1COc1c(Cl)cc(CO)cc1Cl. The highest BCUT2D eigenvalue weighted by atomic mass is 35.5. The van der Waals surface area contributed by atoms with Crippen LogP contribution in [0.1, 0.15) is 16.7 Å². The molecule has 0 aliphatic carbocycles. The Morgan fingerprint density at radius 3 is 2.40 bits per heavy atom. The van der Waals surface area contributed by atoms with Gasteiger partial charge in [0.05, 0.1) is 28.3 Å². The van der Waals surface area contributed by atoms with Gasteiger partial charge in [0, 0.05) is 5.56 Å². The molecule has 0 atom stereocenters. The Labute approximate surface area is 126 Å². The molecule has 0 amide bonds. The van der Waals surface area contributed by atoms with Crippen LogP contribution in [0, 0.1) is 11.3 Å². The average molecular weight is 308 g/mol. The predicted octanol–water partition coefficient (Wildman–Crippen LogP) is 3.94. The number of hydrogen-bond acceptors (Lipinski definition) is 3. The van der Waals surface area contributed by atoms with E-state index in [2.05, 4.69) is 6.07 Å². The molecule has 5 heteroatoms. The molecule has 0 saturated heterocycles. The largest absolute Gasteiger partial charge is 0.486 e. The van der Waals surface area contributed by atoms with Gasteiger partial charge in [0.2, 0.25) is 0 Å². The van der Waals surface area contributed by atoms with Gasteiger partial charge in [-0.3, -0.25) is 0 Å². The standard InChI is InChI=1S/C15H11Cl2NO2/c16-13-5-10(8-19)6-14(17)15(13)20-9-12-4-2-1-3-11(12)7-18/h1-6,19H,8-9H2. The molecule has 0 aliphatic rings. The number of aliphatic hydroxyl groups is 1. The molecule has 0 aliphatic heterocycles. The summed E-state index contributed by atoms with van der Waals surface area (Å²) < 4.78 is 5.60. The van der Waals surface area contributed by atoms with Crippen molar-refractivity contribution in [2.24, 2.45) is 0 Å². The summed E-state index contributed by atoms with van der Waals surface area (Å²) in [5.41, 5.74) is 1.92. The Hall–Kier alpha value is -1.73. The summed E-state index contributed by atoms with van der Waals surface area (Å²) in [6.45, 7) is 0.0542. The summed E-state index contributed by atoms with van der Waals surface area (Å²) in [4.78, 5) is 0. The van der Waals surface area contributed by atoms with E-state index in [0.29, 0.717) is 26.9 Å². The molecule has 0 radical (unpaired) electrons. The van der Waals surface area contributed by atoms with E-state index in [4.69, 9.17) is 38.3 Å². The van der Waals surface area contributed by atoms with Crippen molar-refractivity contribution in [2.45, 2.75) is 13.2 Å². The van der Waals surface area contributed by atoms with Gasteiger partial charge in [0.1, 0.15) is 6.61 Å². The maximum absolute atomic E-state index is 9.06. The first-order chi connectivity index (χ1) is 9.65. The Kier molecular flexibility index (Phi) is 4.86. The van der Waals surface area contributed by atoms with Crippen molar-refractivity contribution >= 4 is 23.2 Å². The number of rotatable bonds is 4. The number of nitrogens with zero attached hydrogens (tertiary/aromatic N) is 1. The molecule has 0 spiro atoms. The van der Waals surface area contributed by atoms with Crippen LogP contribution < -0.4 is 4.74 Å². The van der Waals surface area contributed by atoms with Crippen LogP contribution >= 0.6 is 23.2 Å². The third kappa shape index (κ3) is 3.23. The summed E-state index contributed by atoms with van der Waals surface area (Å²) >= 11 is 12.1. The van der Waals surface area contributed by atoms with E-state index in [9.17, 15) is 0 Å². The lowest BCUT2D eigenvalue weighted by molar-refractivity contribution is 0.281. The summed E-state index contributed by atoms with van der Waals surface area (Å²) in [5, 5.41) is 18.7. The maximum Gasteiger partial charge on any atom is 0.156 e. The molecular formula is C15H11Cl2NO2. The second kappa shape index (κ2) is 6.62. The van der Waals surface area contributed by atoms with Crippen molar-refractivity contribution in [3.63, 3.8) is 0 Å². The van der Waals surface area contributed by atoms with Crippen molar-refractivity contribution < 1.29 is 9.84 Å². The van der Waals surface area contributed by atoms with Gasteiger partial charge in [0.15, 0.2) is 5.75 Å². The van der Waals surface area contributed by atoms with E-state index >= 15 is 0 Å². The smallest absolute Gasteiger partial charge is 0.156 e. The number of halogens is 2. The van der Waals surface area contributed by atoms with Gasteiger partial charge in [-0.2, -0.15) is 5.26 Å². The number of aliphatic hydroxyl groups excluding tert-OH is 1. The van der Waals surface area contributed by atoms with E-state index in [0.717, 1.165) is 5.56 Å². The maximum atomic E-state index is 9.06. The summed E-state index contributed by atoms with van der Waals surface area (Å²) in [5.74, 6) is 0.346. The Morgan fingerprint density at radius 2 is 1.80 bits per heavy atom. The van der Waals surface area contributed by atoms with Crippen molar-refractivity contribution in [1.82, 2.24) is 0 Å². The molecule has 2 aromatic rings. The first-order valence-corrected chi connectivity index (χ1v) is 6.61. The highest BCUT2D eigenvalue weighted by Crippen LogP contribution is 2.34. The van der Waals surface area contributed by atoms with Crippen LogP contribution in [0.25, 0.3) is 0 Å². The van der Waals surface area contributed by atoms with E-state index in [1.165, 1.54) is 0 Å². The van der Waals surface area contributed by atoms with Crippen molar-refractivity contribution in [2.75, 3.05) is 0 Å². The molecule has 1 N–H and O–H groups in total. The van der Waals surface area contributed by atoms with Crippen LogP contribution in [0.5, 0.6) is 5.75 Å². The third-order valence-corrected chi connectivity index (χ3v) is 3.31. The fraction of sp³-hybridized carbons (Fsp3) is 0.133. The lowest BCUT2D eigenvalue weighted by Gasteiger charge is -2.12. The van der Waals surface area contributed by atoms with Gasteiger partial charge >= 0.3 is 0 Å². The Balaban J connectivity index is 2.22. The van der Waals surface area contributed by atoms with E-state index < -0.39 is 0 Å². The normalized spacial score (nSPS) is 10.1. The molecule has 2 aromatic carbocycles. The molecule has 20 heavy (non-hydrogen) atoms. The number of hydrogen-bond donors (Lipinski definition) is 1. The van der Waals surface area contributed by atoms with Gasteiger partial charge in [-0.15, -0.1) is 0 Å². The zero-order chi connectivity index (χ0) is 14.5. The molecule has 0 fully saturated rings. The quantitative estimate of drug-likeness (QED) is 0.931. The van der Waals surface area contributed by atoms with E-state index in [-0.39, 0.29) is 13.2 Å². The van der Waals surface area contributed by atoms with Crippen LogP contribution in [0.2, 0.25) is 10.0 Å². The Morgan fingerprint density at radius 1 is 1.15 bits per heavy atom. The van der Waals surface area contributed by atoms with Crippen molar-refractivity contribution in [3.8, 4) is 11.8 Å². The monoisotopic (exact) mass is 307 g/mol. The minimum Gasteiger partial charge on any atom is -0.486 e. The number of nitriles is 1. The number of ether oxygens (including phenoxy) is 1. The molecule has 3 nitrogen and oxygen atoms in total. The fourth-order valence-electron chi connectivity index (χ4n) is 1.75. The van der Waals surface area contributed by atoms with Crippen LogP contribution in [-0.2, 0) is 13.2 Å². The van der Waals surface area contributed by atoms with Gasteiger partial charge in [-0.1, -0.05) is 41.4 Å². The summed E-state index contributed by atoms with van der Waals surface area (Å²) in [6.07, 6.45) is 0. The van der Waals surface area contributed by atoms with Gasteiger partial charge in [0.25, 0.3) is 0 Å². The predicted molar refractivity (Wildman–Crippen MR) is 77.9 cm³/mol. The van der Waals surface area contributed by atoms with Crippen LogP contribution in [0.3, 0.4) is 0 Å². The summed E-state index contributed by atoms with van der Waals surface area (Å²) in [7, 11) is 0. The molecule has 0 heterocycles. The highest BCUT2D eigenvalue weighted by Gasteiger charge is 2.11. The molecule has 0 saturated carbocycles. The van der Waals surface area contributed by atoms with Gasteiger partial charge < -0.3 is 9.84 Å². The van der Waals surface area contributed by atoms with Crippen LogP contribution in [-0.4, -0.2) is 5.11 Å². The fourth-order valence-corrected chi connectivity index (χ4v) is 2.39. The minimum absolute atomic E-state index is 0.142. The van der Waals surface area contributed by atoms with Crippen LogP contribution in [0.15, 0.2) is 36.4 Å². The third-order valence-electron chi connectivity index (χ3n) is 2.75. The zero-order valence-electron chi connectivity index (χ0n) is 10.4. The number of benzene rings is 2. The van der Waals surface area contributed by atoms with Gasteiger partial charge in [-0.05, 0) is 23.8 Å². The average Bonchev–Trinajstić information content (AvgIpc) is 2.46. The Bertz CT molecular complexity index is 642. The van der Waals surface area contributed by atoms with Crippen LogP contribution in [0.4, 0.5) is 0 Å². The lowest BCUT2D eigenvalue weighted by Crippen LogP contribution is -1.99. The molecule has 0 unspecified atom stereocenters. The molecular weight excluding hydrogens is 297 g/mol. The molecule has 0 bridgehead atoms. The first kappa shape index (κ1) is 14.7. The molecule has 2 rings (SSSR count). The van der Waals surface area contributed by atoms with E-state index in [1.54, 1.807) is 24.3 Å². The lowest BCUT2D eigenvalue weighted by atomic mass is 10.1. The molecule has 102 valence electrons. The second-order valence-electron chi connectivity index (χ2n) is 4.10. The minimum atomic E-state index is -0.142. The topological polar surface area (TPSA) is 53.2 Å². The van der Waals surface area contributed by atoms with Crippen molar-refractivity contribution in [3.05, 3.63) is 63.1 Å². The van der Waals surface area contributed by atoms with Crippen molar-refractivity contribution in [1.29, 1.82) is 5.26 Å². The zero-order valence-corrected chi connectivity index (χ0v) is 11.9. The van der Waals surface area contributed by atoms with E-state index in [1.807, 2.05) is 12.1 Å². The highest BCUT2D eigenvalue weighted by molar-refractivity contribution is 6.37. The molecule has 0 aromatic heterocycles. The van der Waals surface area contributed by atoms with Gasteiger partial charge in [-0.25, -0.2) is 0 Å². The summed E-state index contributed by atoms with van der Waals surface area (Å²) in [6, 6.07) is 12.4. The second-order valence-corrected chi connectivity index (χ2v) is 4.92. The first-order valence-electron chi connectivity index (χ1n) is 5.85.